The van der Waals surface area contributed by atoms with Gasteiger partial charge in [-0.1, -0.05) is 0 Å². The van der Waals surface area contributed by atoms with Crippen molar-refractivity contribution >= 4 is 5.97 Å². The Labute approximate surface area is 109 Å². The Hall–Kier alpha value is -2.18. The van der Waals surface area contributed by atoms with Gasteiger partial charge in [0.15, 0.2) is 5.82 Å². The number of aliphatic carboxylic acids is 1. The molecule has 0 saturated carbocycles. The summed E-state index contributed by atoms with van der Waals surface area (Å²) >= 11 is 0. The fourth-order valence-electron chi connectivity index (χ4n) is 2.54. The fraction of sp³-hybridized carbons (Fsp3) is 0.500. The minimum Gasteiger partial charge on any atom is -0.481 e. The largest absolute Gasteiger partial charge is 0.481 e. The zero-order valence-corrected chi connectivity index (χ0v) is 10.9. The molecule has 3 rings (SSSR count). The highest BCUT2D eigenvalue weighted by atomic mass is 16.4. The van der Waals surface area contributed by atoms with Crippen LogP contribution in [0.3, 0.4) is 0 Å². The number of carboxylic acids is 1. The molecule has 0 fully saturated rings. The van der Waals surface area contributed by atoms with E-state index in [0.717, 1.165) is 17.2 Å². The van der Waals surface area contributed by atoms with Crippen LogP contribution in [-0.2, 0) is 24.8 Å². The Balaban J connectivity index is 2.04. The monoisotopic (exact) mass is 261 g/mol. The quantitative estimate of drug-likeness (QED) is 0.857. The molecule has 0 spiro atoms. The second-order valence-corrected chi connectivity index (χ2v) is 4.92. The molecule has 0 bridgehead atoms. The summed E-state index contributed by atoms with van der Waals surface area (Å²) in [4.78, 5) is 11.1. The summed E-state index contributed by atoms with van der Waals surface area (Å²) in [7, 11) is 1.85. The number of aromatic nitrogens is 5. The van der Waals surface area contributed by atoms with Crippen molar-refractivity contribution in [3.63, 3.8) is 0 Å². The van der Waals surface area contributed by atoms with Crippen molar-refractivity contribution < 1.29 is 9.90 Å². The number of hydrogen-bond acceptors (Lipinski definition) is 4. The maximum Gasteiger partial charge on any atom is 0.308 e. The van der Waals surface area contributed by atoms with Crippen molar-refractivity contribution in [2.45, 2.75) is 26.3 Å². The maximum atomic E-state index is 11.1. The molecule has 19 heavy (non-hydrogen) atoms. The molecule has 1 aliphatic rings. The number of nitrogens with zero attached hydrogens (tertiary/aromatic N) is 5. The van der Waals surface area contributed by atoms with Gasteiger partial charge < -0.3 is 9.67 Å². The number of carboxylic acid groups (broad SMARTS) is 1. The van der Waals surface area contributed by atoms with E-state index in [9.17, 15) is 4.79 Å². The number of hydrogen-bond donors (Lipinski definition) is 1. The van der Waals surface area contributed by atoms with Gasteiger partial charge in [0.1, 0.15) is 11.5 Å². The van der Waals surface area contributed by atoms with Crippen LogP contribution in [0.1, 0.15) is 17.9 Å². The molecule has 1 unspecified atom stereocenters. The van der Waals surface area contributed by atoms with Crippen LogP contribution in [-0.4, -0.2) is 35.6 Å². The number of carbonyl (C=O) groups is 1. The minimum atomic E-state index is -0.758. The van der Waals surface area contributed by atoms with Crippen molar-refractivity contribution in [1.29, 1.82) is 0 Å². The highest BCUT2D eigenvalue weighted by Gasteiger charge is 2.28. The average Bonchev–Trinajstić information content (AvgIpc) is 2.91. The van der Waals surface area contributed by atoms with Crippen LogP contribution in [0.5, 0.6) is 0 Å². The predicted molar refractivity (Wildman–Crippen MR) is 66.4 cm³/mol. The first kappa shape index (κ1) is 11.9. The van der Waals surface area contributed by atoms with E-state index in [4.69, 9.17) is 5.11 Å². The van der Waals surface area contributed by atoms with Crippen LogP contribution in [0.4, 0.5) is 0 Å². The number of aryl methyl sites for hydroxylation is 3. The predicted octanol–water partition coefficient (Wildman–Crippen LogP) is 0.634. The first-order valence-electron chi connectivity index (χ1n) is 6.22. The summed E-state index contributed by atoms with van der Waals surface area (Å²) in [5, 5.41) is 21.8. The molecule has 0 aliphatic carbocycles. The molecule has 0 amide bonds. The van der Waals surface area contributed by atoms with E-state index in [1.54, 1.807) is 4.68 Å². The molecule has 0 radical (unpaired) electrons. The molecular weight excluding hydrogens is 246 g/mol. The van der Waals surface area contributed by atoms with E-state index in [2.05, 4.69) is 15.3 Å². The molecule has 0 saturated heterocycles. The summed E-state index contributed by atoms with van der Waals surface area (Å²) in [6.07, 6.45) is 1.28. The van der Waals surface area contributed by atoms with Gasteiger partial charge in [-0.3, -0.25) is 9.48 Å². The minimum absolute atomic E-state index is 0.364. The van der Waals surface area contributed by atoms with Crippen LogP contribution >= 0.6 is 0 Å². The van der Waals surface area contributed by atoms with E-state index in [0.29, 0.717) is 25.2 Å². The first-order valence-corrected chi connectivity index (χ1v) is 6.22. The van der Waals surface area contributed by atoms with E-state index in [1.165, 1.54) is 0 Å². The summed E-state index contributed by atoms with van der Waals surface area (Å²) < 4.78 is 3.65. The number of fused-ring (bicyclic) bond motifs is 1. The van der Waals surface area contributed by atoms with Gasteiger partial charge in [-0.15, -0.1) is 10.2 Å². The molecule has 2 aromatic rings. The molecule has 0 aromatic carbocycles. The SMILES string of the molecule is Cc1cc(-c2nnc3n2CC(C(=O)O)CC3)n(C)n1. The van der Waals surface area contributed by atoms with Gasteiger partial charge in [-0.2, -0.15) is 5.10 Å². The lowest BCUT2D eigenvalue weighted by Crippen LogP contribution is -2.27. The molecule has 7 nitrogen and oxygen atoms in total. The van der Waals surface area contributed by atoms with Crippen LogP contribution in [0.15, 0.2) is 6.07 Å². The second-order valence-electron chi connectivity index (χ2n) is 4.92. The fourth-order valence-corrected chi connectivity index (χ4v) is 2.54. The van der Waals surface area contributed by atoms with E-state index in [-0.39, 0.29) is 5.92 Å². The van der Waals surface area contributed by atoms with Crippen molar-refractivity contribution in [2.75, 3.05) is 0 Å². The van der Waals surface area contributed by atoms with Gasteiger partial charge >= 0.3 is 5.97 Å². The molecule has 1 N–H and O–H groups in total. The van der Waals surface area contributed by atoms with Crippen molar-refractivity contribution in [3.8, 4) is 11.5 Å². The van der Waals surface area contributed by atoms with Gasteiger partial charge in [0, 0.05) is 20.0 Å². The Morgan fingerprint density at radius 2 is 2.26 bits per heavy atom. The summed E-state index contributed by atoms with van der Waals surface area (Å²) in [5.74, 6) is 0.429. The Morgan fingerprint density at radius 3 is 2.89 bits per heavy atom. The lowest BCUT2D eigenvalue weighted by Gasteiger charge is -2.20. The third kappa shape index (κ3) is 1.91. The molecular formula is C12H15N5O2. The Kier molecular flexibility index (Phi) is 2.62. The molecule has 3 heterocycles. The third-order valence-electron chi connectivity index (χ3n) is 3.53. The van der Waals surface area contributed by atoms with Crippen molar-refractivity contribution in [3.05, 3.63) is 17.6 Å². The van der Waals surface area contributed by atoms with E-state index in [1.807, 2.05) is 24.6 Å². The zero-order chi connectivity index (χ0) is 13.6. The smallest absolute Gasteiger partial charge is 0.308 e. The standard InChI is InChI=1S/C12H15N5O2/c1-7-5-9(16(2)15-7)11-14-13-10-4-3-8(12(18)19)6-17(10)11/h5,8H,3-4,6H2,1-2H3,(H,18,19). The lowest BCUT2D eigenvalue weighted by atomic mass is 9.99. The molecule has 2 aromatic heterocycles. The Bertz CT molecular complexity index is 643. The third-order valence-corrected chi connectivity index (χ3v) is 3.53. The highest BCUT2D eigenvalue weighted by molar-refractivity contribution is 5.70. The maximum absolute atomic E-state index is 11.1. The first-order chi connectivity index (χ1) is 9.06. The normalized spacial score (nSPS) is 18.3. The van der Waals surface area contributed by atoms with Crippen molar-refractivity contribution in [1.82, 2.24) is 24.5 Å². The van der Waals surface area contributed by atoms with Gasteiger partial charge in [-0.25, -0.2) is 0 Å². The van der Waals surface area contributed by atoms with Crippen molar-refractivity contribution in [2.24, 2.45) is 13.0 Å². The van der Waals surface area contributed by atoms with E-state index < -0.39 is 5.97 Å². The average molecular weight is 261 g/mol. The molecule has 7 heteroatoms. The van der Waals surface area contributed by atoms with Crippen LogP contribution in [0.2, 0.25) is 0 Å². The lowest BCUT2D eigenvalue weighted by molar-refractivity contribution is -0.142. The summed E-state index contributed by atoms with van der Waals surface area (Å²) in [5.41, 5.74) is 1.77. The topological polar surface area (TPSA) is 85.8 Å². The van der Waals surface area contributed by atoms with Crippen LogP contribution in [0, 0.1) is 12.8 Å². The van der Waals surface area contributed by atoms with Crippen LogP contribution in [0.25, 0.3) is 11.5 Å². The second kappa shape index (κ2) is 4.18. The molecule has 1 aliphatic heterocycles. The van der Waals surface area contributed by atoms with Gasteiger partial charge in [0.05, 0.1) is 11.6 Å². The van der Waals surface area contributed by atoms with Gasteiger partial charge in [0.2, 0.25) is 0 Å². The van der Waals surface area contributed by atoms with Gasteiger partial charge in [-0.05, 0) is 19.4 Å². The number of rotatable bonds is 2. The van der Waals surface area contributed by atoms with Gasteiger partial charge in [0.25, 0.3) is 0 Å². The molecule has 1 atom stereocenters. The molecule has 100 valence electrons. The zero-order valence-electron chi connectivity index (χ0n) is 10.9. The summed E-state index contributed by atoms with van der Waals surface area (Å²) in [6, 6.07) is 1.93. The van der Waals surface area contributed by atoms with Crippen LogP contribution < -0.4 is 0 Å². The van der Waals surface area contributed by atoms with E-state index >= 15 is 0 Å². The Morgan fingerprint density at radius 1 is 1.47 bits per heavy atom. The highest BCUT2D eigenvalue weighted by Crippen LogP contribution is 2.25. The summed E-state index contributed by atoms with van der Waals surface area (Å²) in [6.45, 7) is 2.34.